The molecule has 1 fully saturated rings. The van der Waals surface area contributed by atoms with E-state index in [-0.39, 0.29) is 12.0 Å². The van der Waals surface area contributed by atoms with E-state index in [0.29, 0.717) is 18.0 Å². The van der Waals surface area contributed by atoms with Gasteiger partial charge in [0.2, 0.25) is 0 Å². The third-order valence-electron chi connectivity index (χ3n) is 3.80. The Morgan fingerprint density at radius 2 is 2.37 bits per heavy atom. The van der Waals surface area contributed by atoms with E-state index in [4.69, 9.17) is 4.74 Å². The van der Waals surface area contributed by atoms with Crippen LogP contribution in [0.5, 0.6) is 0 Å². The van der Waals surface area contributed by atoms with Crippen LogP contribution < -0.4 is 5.32 Å². The number of likely N-dealkylation sites (tertiary alicyclic amines) is 1. The van der Waals surface area contributed by atoms with Gasteiger partial charge in [0.05, 0.1) is 23.6 Å². The molecule has 0 aliphatic carbocycles. The summed E-state index contributed by atoms with van der Waals surface area (Å²) >= 11 is 0. The van der Waals surface area contributed by atoms with Crippen LogP contribution in [0, 0.1) is 5.92 Å². The van der Waals surface area contributed by atoms with Crippen molar-refractivity contribution in [1.82, 2.24) is 9.88 Å². The molecular formula is C14H21N3O2. The summed E-state index contributed by atoms with van der Waals surface area (Å²) in [6, 6.07) is 1.76. The number of aromatic nitrogens is 1. The largest absolute Gasteiger partial charge is 0.386 e. The number of rotatable bonds is 3. The first-order valence-corrected chi connectivity index (χ1v) is 6.61. The van der Waals surface area contributed by atoms with E-state index in [1.165, 1.54) is 0 Å². The lowest BCUT2D eigenvalue weighted by Gasteiger charge is -2.36. The normalized spacial score (nSPS) is 23.2. The van der Waals surface area contributed by atoms with Crippen molar-refractivity contribution in [2.24, 2.45) is 5.92 Å². The van der Waals surface area contributed by atoms with Gasteiger partial charge in [0.15, 0.2) is 0 Å². The Labute approximate surface area is 114 Å². The lowest BCUT2D eigenvalue weighted by atomic mass is 9.95. The van der Waals surface area contributed by atoms with E-state index in [1.54, 1.807) is 32.6 Å². The van der Waals surface area contributed by atoms with Gasteiger partial charge < -0.3 is 15.0 Å². The molecule has 1 aliphatic heterocycles. The molecule has 1 amide bonds. The molecule has 1 saturated heterocycles. The number of carbonyl (C=O) groups excluding carboxylic acids is 1. The Hall–Kier alpha value is -1.62. The molecule has 2 heterocycles. The summed E-state index contributed by atoms with van der Waals surface area (Å²) in [5, 5.41) is 3.01. The number of nitrogens with one attached hydrogen (secondary N) is 1. The molecule has 104 valence electrons. The number of piperidine rings is 1. The van der Waals surface area contributed by atoms with Gasteiger partial charge in [0.1, 0.15) is 0 Å². The van der Waals surface area contributed by atoms with Crippen LogP contribution in [0.4, 0.5) is 5.69 Å². The first-order valence-electron chi connectivity index (χ1n) is 6.61. The zero-order valence-corrected chi connectivity index (χ0v) is 11.7. The number of nitrogens with zero attached hydrogens (tertiary/aromatic N) is 2. The van der Waals surface area contributed by atoms with Crippen molar-refractivity contribution in [3.8, 4) is 0 Å². The van der Waals surface area contributed by atoms with Gasteiger partial charge in [0.25, 0.3) is 5.91 Å². The van der Waals surface area contributed by atoms with Crippen LogP contribution >= 0.6 is 0 Å². The van der Waals surface area contributed by atoms with Gasteiger partial charge in [0, 0.05) is 33.4 Å². The minimum absolute atomic E-state index is 0.0423. The van der Waals surface area contributed by atoms with Crippen LogP contribution in [0.1, 0.15) is 23.7 Å². The Balaban J connectivity index is 2.15. The molecule has 0 bridgehead atoms. The molecule has 0 spiro atoms. The summed E-state index contributed by atoms with van der Waals surface area (Å²) in [6.07, 6.45) is 4.42. The van der Waals surface area contributed by atoms with E-state index in [9.17, 15) is 4.79 Å². The van der Waals surface area contributed by atoms with E-state index in [1.807, 2.05) is 4.90 Å². The molecule has 2 unspecified atom stereocenters. The molecule has 1 N–H and O–H groups in total. The number of pyridine rings is 1. The maximum atomic E-state index is 12.6. The highest BCUT2D eigenvalue weighted by molar-refractivity contribution is 5.99. The van der Waals surface area contributed by atoms with Crippen molar-refractivity contribution < 1.29 is 9.53 Å². The number of amides is 1. The van der Waals surface area contributed by atoms with E-state index in [0.717, 1.165) is 18.7 Å². The molecule has 5 nitrogen and oxygen atoms in total. The van der Waals surface area contributed by atoms with Crippen molar-refractivity contribution in [2.75, 3.05) is 32.6 Å². The van der Waals surface area contributed by atoms with Gasteiger partial charge in [-0.2, -0.15) is 0 Å². The van der Waals surface area contributed by atoms with Crippen molar-refractivity contribution >= 4 is 11.6 Å². The third-order valence-corrected chi connectivity index (χ3v) is 3.80. The van der Waals surface area contributed by atoms with Crippen LogP contribution in [0.2, 0.25) is 0 Å². The average molecular weight is 263 g/mol. The van der Waals surface area contributed by atoms with E-state index >= 15 is 0 Å². The monoisotopic (exact) mass is 263 g/mol. The molecule has 5 heteroatoms. The van der Waals surface area contributed by atoms with Gasteiger partial charge in [-0.15, -0.1) is 0 Å². The number of methoxy groups -OCH3 is 1. The number of hydrogen-bond donors (Lipinski definition) is 1. The second-order valence-electron chi connectivity index (χ2n) is 4.96. The lowest BCUT2D eigenvalue weighted by Crippen LogP contribution is -2.46. The van der Waals surface area contributed by atoms with Crippen LogP contribution in [-0.4, -0.2) is 49.1 Å². The summed E-state index contributed by atoms with van der Waals surface area (Å²) in [6.45, 7) is 3.61. The Kier molecular flexibility index (Phi) is 4.37. The summed E-state index contributed by atoms with van der Waals surface area (Å²) in [4.78, 5) is 18.4. The molecule has 2 atom stereocenters. The fraction of sp³-hybridized carbons (Fsp3) is 0.571. The fourth-order valence-electron chi connectivity index (χ4n) is 2.48. The smallest absolute Gasteiger partial charge is 0.256 e. The highest BCUT2D eigenvalue weighted by Crippen LogP contribution is 2.23. The molecule has 1 aliphatic rings. The maximum absolute atomic E-state index is 12.6. The number of hydrogen-bond acceptors (Lipinski definition) is 4. The minimum atomic E-state index is 0.0423. The molecule has 2 rings (SSSR count). The SMILES string of the molecule is CNc1cnccc1C(=O)N1CCC(C)C(OC)C1. The standard InChI is InChI=1S/C14H21N3O2/c1-10-5-7-17(9-13(10)19-3)14(18)11-4-6-16-8-12(11)15-2/h4,6,8,10,13,15H,5,7,9H2,1-3H3. The molecule has 0 saturated carbocycles. The maximum Gasteiger partial charge on any atom is 0.256 e. The van der Waals surface area contributed by atoms with Gasteiger partial charge in [-0.3, -0.25) is 9.78 Å². The molecule has 1 aromatic heterocycles. The highest BCUT2D eigenvalue weighted by Gasteiger charge is 2.29. The number of carbonyl (C=O) groups is 1. The van der Waals surface area contributed by atoms with Crippen LogP contribution in [-0.2, 0) is 4.74 Å². The number of ether oxygens (including phenoxy) is 1. The van der Waals surface area contributed by atoms with Crippen LogP contribution in [0.3, 0.4) is 0 Å². The van der Waals surface area contributed by atoms with Gasteiger partial charge >= 0.3 is 0 Å². The Morgan fingerprint density at radius 3 is 3.05 bits per heavy atom. The summed E-state index contributed by atoms with van der Waals surface area (Å²) in [5.41, 5.74) is 1.43. The zero-order chi connectivity index (χ0) is 13.8. The molecular weight excluding hydrogens is 242 g/mol. The van der Waals surface area contributed by atoms with Gasteiger partial charge in [-0.25, -0.2) is 0 Å². The highest BCUT2D eigenvalue weighted by atomic mass is 16.5. The zero-order valence-electron chi connectivity index (χ0n) is 11.7. The third kappa shape index (κ3) is 2.87. The summed E-state index contributed by atoms with van der Waals surface area (Å²) in [5.74, 6) is 0.538. The fourth-order valence-corrected chi connectivity index (χ4v) is 2.48. The van der Waals surface area contributed by atoms with Crippen molar-refractivity contribution in [3.63, 3.8) is 0 Å². The molecule has 19 heavy (non-hydrogen) atoms. The van der Waals surface area contributed by atoms with Crippen molar-refractivity contribution in [3.05, 3.63) is 24.0 Å². The summed E-state index contributed by atoms with van der Waals surface area (Å²) < 4.78 is 5.45. The van der Waals surface area contributed by atoms with Crippen LogP contribution in [0.15, 0.2) is 18.5 Å². The second kappa shape index (κ2) is 6.02. The Morgan fingerprint density at radius 1 is 1.58 bits per heavy atom. The molecule has 1 aromatic rings. The predicted octanol–water partition coefficient (Wildman–Crippen LogP) is 1.62. The predicted molar refractivity (Wildman–Crippen MR) is 74.3 cm³/mol. The average Bonchev–Trinajstić information content (AvgIpc) is 2.47. The van der Waals surface area contributed by atoms with E-state index in [2.05, 4.69) is 17.2 Å². The minimum Gasteiger partial charge on any atom is -0.386 e. The topological polar surface area (TPSA) is 54.5 Å². The first kappa shape index (κ1) is 13.8. The second-order valence-corrected chi connectivity index (χ2v) is 4.96. The van der Waals surface area contributed by atoms with E-state index < -0.39 is 0 Å². The Bertz CT molecular complexity index is 450. The van der Waals surface area contributed by atoms with Gasteiger partial charge in [-0.1, -0.05) is 6.92 Å². The molecule has 0 aromatic carbocycles. The number of anilines is 1. The van der Waals surface area contributed by atoms with Crippen molar-refractivity contribution in [1.29, 1.82) is 0 Å². The molecule has 0 radical (unpaired) electrons. The quantitative estimate of drug-likeness (QED) is 0.900. The lowest BCUT2D eigenvalue weighted by molar-refractivity contribution is -0.00153. The summed E-state index contributed by atoms with van der Waals surface area (Å²) in [7, 11) is 3.50. The van der Waals surface area contributed by atoms with Crippen LogP contribution in [0.25, 0.3) is 0 Å². The van der Waals surface area contributed by atoms with Crippen molar-refractivity contribution in [2.45, 2.75) is 19.4 Å². The van der Waals surface area contributed by atoms with Gasteiger partial charge in [-0.05, 0) is 18.4 Å². The first-order chi connectivity index (χ1) is 9.17.